The van der Waals surface area contributed by atoms with Crippen molar-refractivity contribution in [3.63, 3.8) is 0 Å². The maximum atomic E-state index is 12.0. The molecule has 6 nitrogen and oxygen atoms in total. The Kier molecular flexibility index (Phi) is 5.30. The smallest absolute Gasteiger partial charge is 0.266 e. The number of hydrogen-bond donors (Lipinski definition) is 3. The number of amides is 2. The van der Waals surface area contributed by atoms with Crippen molar-refractivity contribution in [2.24, 2.45) is 5.92 Å². The van der Waals surface area contributed by atoms with Gasteiger partial charge >= 0.3 is 0 Å². The molecule has 3 rings (SSSR count). The summed E-state index contributed by atoms with van der Waals surface area (Å²) in [5.41, 5.74) is 1.96. The molecule has 0 saturated heterocycles. The molecule has 0 bridgehead atoms. The van der Waals surface area contributed by atoms with Crippen LogP contribution in [0.3, 0.4) is 0 Å². The van der Waals surface area contributed by atoms with Crippen LogP contribution in [0.4, 0.5) is 5.69 Å². The molecule has 2 aromatic rings. The zero-order valence-electron chi connectivity index (χ0n) is 13.4. The van der Waals surface area contributed by atoms with Gasteiger partial charge in [-0.05, 0) is 43.1 Å². The van der Waals surface area contributed by atoms with Gasteiger partial charge in [-0.1, -0.05) is 19.3 Å². The molecule has 1 aliphatic carbocycles. The van der Waals surface area contributed by atoms with Crippen LogP contribution < -0.4 is 10.6 Å². The summed E-state index contributed by atoms with van der Waals surface area (Å²) in [5.74, 6) is 0.149. The second-order valence-electron chi connectivity index (χ2n) is 6.26. The summed E-state index contributed by atoms with van der Waals surface area (Å²) in [4.78, 5) is 27.1. The van der Waals surface area contributed by atoms with Gasteiger partial charge in [0, 0.05) is 18.2 Å². The third-order valence-corrected chi connectivity index (χ3v) is 4.54. The van der Waals surface area contributed by atoms with Gasteiger partial charge in [0.15, 0.2) is 5.58 Å². The molecule has 0 spiro atoms. The van der Waals surface area contributed by atoms with Crippen LogP contribution in [0.2, 0.25) is 0 Å². The number of hydrogen-bond acceptors (Lipinski definition) is 4. The standard InChI is InChI=1S/C17H21N3O3S/c21-15(8-11-4-2-1-3-5-11)18-10-16(22)19-12-6-7-13-14(9-12)23-17(24)20-13/h6-7,9,11H,1-5,8,10H2,(H,18,21)(H,19,22)(H,20,24). The van der Waals surface area contributed by atoms with Gasteiger partial charge in [0.2, 0.25) is 11.8 Å². The number of rotatable bonds is 5. The SMILES string of the molecule is O=C(CC1CCCCC1)NCC(=O)Nc1ccc2[nH]c(=S)oc2c1. The lowest BCUT2D eigenvalue weighted by Gasteiger charge is -2.20. The van der Waals surface area contributed by atoms with E-state index in [-0.39, 0.29) is 18.4 Å². The van der Waals surface area contributed by atoms with E-state index in [1.54, 1.807) is 18.2 Å². The first-order valence-electron chi connectivity index (χ1n) is 8.29. The van der Waals surface area contributed by atoms with Crippen LogP contribution in [0.15, 0.2) is 22.6 Å². The van der Waals surface area contributed by atoms with Crippen LogP contribution >= 0.6 is 12.2 Å². The monoisotopic (exact) mass is 347 g/mol. The van der Waals surface area contributed by atoms with Crippen LogP contribution in [0, 0.1) is 10.8 Å². The first-order valence-corrected chi connectivity index (χ1v) is 8.70. The van der Waals surface area contributed by atoms with E-state index in [0.717, 1.165) is 18.4 Å². The summed E-state index contributed by atoms with van der Waals surface area (Å²) in [5, 5.41) is 5.43. The average Bonchev–Trinajstić information content (AvgIpc) is 2.93. The van der Waals surface area contributed by atoms with Crippen LogP contribution in [0.25, 0.3) is 11.1 Å². The van der Waals surface area contributed by atoms with Gasteiger partial charge in [0.1, 0.15) is 0 Å². The van der Waals surface area contributed by atoms with E-state index >= 15 is 0 Å². The fourth-order valence-electron chi connectivity index (χ4n) is 3.13. The number of carbonyl (C=O) groups is 2. The van der Waals surface area contributed by atoms with Gasteiger partial charge in [0.25, 0.3) is 4.84 Å². The Morgan fingerprint density at radius 3 is 2.79 bits per heavy atom. The highest BCUT2D eigenvalue weighted by Crippen LogP contribution is 2.26. The molecule has 0 atom stereocenters. The highest BCUT2D eigenvalue weighted by molar-refractivity contribution is 7.71. The first-order chi connectivity index (χ1) is 11.6. The molecule has 3 N–H and O–H groups in total. The molecule has 2 amide bonds. The molecule has 1 aromatic carbocycles. The lowest BCUT2D eigenvalue weighted by molar-refractivity contribution is -0.125. The maximum absolute atomic E-state index is 12.0. The van der Waals surface area contributed by atoms with E-state index in [4.69, 9.17) is 16.6 Å². The fourth-order valence-corrected chi connectivity index (χ4v) is 3.33. The summed E-state index contributed by atoms with van der Waals surface area (Å²) in [6.45, 7) is -0.0276. The van der Waals surface area contributed by atoms with Gasteiger partial charge in [0.05, 0.1) is 12.1 Å². The number of carbonyl (C=O) groups excluding carboxylic acids is 2. The number of fused-ring (bicyclic) bond motifs is 1. The first kappa shape index (κ1) is 16.7. The fraction of sp³-hybridized carbons (Fsp3) is 0.471. The van der Waals surface area contributed by atoms with Gasteiger partial charge < -0.3 is 20.0 Å². The Labute approximate surface area is 145 Å². The number of aromatic amines is 1. The van der Waals surface area contributed by atoms with Crippen LogP contribution in [-0.2, 0) is 9.59 Å². The van der Waals surface area contributed by atoms with Crippen molar-refractivity contribution in [1.29, 1.82) is 0 Å². The Morgan fingerprint density at radius 2 is 2.00 bits per heavy atom. The maximum Gasteiger partial charge on any atom is 0.266 e. The largest absolute Gasteiger partial charge is 0.429 e. The summed E-state index contributed by atoms with van der Waals surface area (Å²) in [6, 6.07) is 5.24. The summed E-state index contributed by atoms with van der Waals surface area (Å²) in [7, 11) is 0. The van der Waals surface area contributed by atoms with E-state index in [9.17, 15) is 9.59 Å². The highest BCUT2D eigenvalue weighted by atomic mass is 32.1. The average molecular weight is 347 g/mol. The number of nitrogens with one attached hydrogen (secondary N) is 3. The highest BCUT2D eigenvalue weighted by Gasteiger charge is 2.17. The molecule has 1 fully saturated rings. The second-order valence-corrected chi connectivity index (χ2v) is 6.63. The number of anilines is 1. The zero-order valence-corrected chi connectivity index (χ0v) is 14.2. The Bertz CT molecular complexity index is 790. The van der Waals surface area contributed by atoms with E-state index in [1.165, 1.54) is 19.3 Å². The molecule has 7 heteroatoms. The molecule has 1 aromatic heterocycles. The van der Waals surface area contributed by atoms with Crippen molar-refractivity contribution in [2.75, 3.05) is 11.9 Å². The van der Waals surface area contributed by atoms with Gasteiger partial charge in [-0.2, -0.15) is 0 Å². The van der Waals surface area contributed by atoms with Gasteiger partial charge in [-0.15, -0.1) is 0 Å². The van der Waals surface area contributed by atoms with Crippen LogP contribution in [0.1, 0.15) is 38.5 Å². The minimum absolute atomic E-state index is 0.0276. The van der Waals surface area contributed by atoms with E-state index in [2.05, 4.69) is 15.6 Å². The summed E-state index contributed by atoms with van der Waals surface area (Å²) >= 11 is 4.92. The molecule has 0 unspecified atom stereocenters. The third kappa shape index (κ3) is 4.44. The lowest BCUT2D eigenvalue weighted by atomic mass is 9.87. The van der Waals surface area contributed by atoms with E-state index < -0.39 is 0 Å². The lowest BCUT2D eigenvalue weighted by Crippen LogP contribution is -2.34. The third-order valence-electron chi connectivity index (χ3n) is 4.35. The topological polar surface area (TPSA) is 87.1 Å². The molecular formula is C17H21N3O3S. The van der Waals surface area contributed by atoms with Crippen molar-refractivity contribution >= 4 is 40.8 Å². The quantitative estimate of drug-likeness (QED) is 0.722. The Hall–Kier alpha value is -2.15. The Balaban J connectivity index is 1.47. The second kappa shape index (κ2) is 7.61. The molecule has 0 aliphatic heterocycles. The van der Waals surface area contributed by atoms with Gasteiger partial charge in [-0.25, -0.2) is 0 Å². The van der Waals surface area contributed by atoms with Crippen molar-refractivity contribution < 1.29 is 14.0 Å². The molecular weight excluding hydrogens is 326 g/mol. The minimum atomic E-state index is -0.263. The molecule has 1 saturated carbocycles. The molecule has 128 valence electrons. The normalized spacial score (nSPS) is 15.3. The van der Waals surface area contributed by atoms with Crippen molar-refractivity contribution in [2.45, 2.75) is 38.5 Å². The van der Waals surface area contributed by atoms with Crippen molar-refractivity contribution in [1.82, 2.24) is 10.3 Å². The summed E-state index contributed by atoms with van der Waals surface area (Å²) in [6.07, 6.45) is 6.43. The number of benzene rings is 1. The van der Waals surface area contributed by atoms with Crippen molar-refractivity contribution in [3.05, 3.63) is 23.0 Å². The van der Waals surface area contributed by atoms with Crippen LogP contribution in [0.5, 0.6) is 0 Å². The predicted molar refractivity (Wildman–Crippen MR) is 94.2 cm³/mol. The van der Waals surface area contributed by atoms with Crippen LogP contribution in [-0.4, -0.2) is 23.3 Å². The molecule has 1 heterocycles. The minimum Gasteiger partial charge on any atom is -0.429 e. The molecule has 0 radical (unpaired) electrons. The zero-order chi connectivity index (χ0) is 16.9. The van der Waals surface area contributed by atoms with Crippen molar-refractivity contribution in [3.8, 4) is 0 Å². The molecule has 1 aliphatic rings. The van der Waals surface area contributed by atoms with E-state index in [1.807, 2.05) is 0 Å². The predicted octanol–water partition coefficient (Wildman–Crippen LogP) is 3.52. The summed E-state index contributed by atoms with van der Waals surface area (Å²) < 4.78 is 5.31. The molecule has 24 heavy (non-hydrogen) atoms. The number of aromatic nitrogens is 1. The van der Waals surface area contributed by atoms with E-state index in [0.29, 0.717) is 28.4 Å². The number of H-pyrrole nitrogens is 1. The number of oxazole rings is 1. The van der Waals surface area contributed by atoms with Gasteiger partial charge in [-0.3, -0.25) is 9.59 Å². The Morgan fingerprint density at radius 1 is 1.21 bits per heavy atom.